The Hall–Kier alpha value is -2.49. The van der Waals surface area contributed by atoms with Crippen LogP contribution in [0.15, 0.2) is 48.5 Å². The normalized spacial score (nSPS) is 8.28. The molecule has 0 aliphatic rings. The molecule has 4 nitrogen and oxygen atoms in total. The molecule has 0 saturated heterocycles. The summed E-state index contributed by atoms with van der Waals surface area (Å²) in [5, 5.41) is 26.1. The van der Waals surface area contributed by atoms with Gasteiger partial charge in [-0.2, -0.15) is 0 Å². The summed E-state index contributed by atoms with van der Waals surface area (Å²) in [4.78, 5) is 8.00. The van der Waals surface area contributed by atoms with Crippen molar-refractivity contribution in [3.8, 4) is 17.2 Å². The Balaban J connectivity index is 0.000000283. The molecule has 0 bridgehead atoms. The van der Waals surface area contributed by atoms with Crippen molar-refractivity contribution in [1.29, 1.82) is 0 Å². The monoisotopic (exact) mass is 248 g/mol. The summed E-state index contributed by atoms with van der Waals surface area (Å²) in [5.41, 5.74) is 1.09. The molecule has 0 amide bonds. The molecule has 0 aliphatic heterocycles. The van der Waals surface area contributed by atoms with E-state index >= 15 is 0 Å². The van der Waals surface area contributed by atoms with Crippen LogP contribution in [0, 0.1) is 6.92 Å². The molecule has 2 aromatic carbocycles. The molecule has 0 atom stereocenters. The summed E-state index contributed by atoms with van der Waals surface area (Å²) in [7, 11) is 0. The molecule has 0 radical (unpaired) electrons. The Morgan fingerprint density at radius 3 is 1.39 bits per heavy atom. The SMILES string of the molecule is C=O.Cc1cccc(O)c1.Oc1cccc(O)c1. The van der Waals surface area contributed by atoms with Crippen molar-refractivity contribution in [3.05, 3.63) is 54.1 Å². The van der Waals surface area contributed by atoms with E-state index in [1.165, 1.54) is 18.2 Å². The number of phenolic OH excluding ortho intramolecular Hbond substituents is 3. The molecule has 4 heteroatoms. The molecular formula is C14H16O4. The summed E-state index contributed by atoms with van der Waals surface area (Å²) >= 11 is 0. The van der Waals surface area contributed by atoms with Crippen molar-refractivity contribution < 1.29 is 20.1 Å². The zero-order valence-corrected chi connectivity index (χ0v) is 10.1. The van der Waals surface area contributed by atoms with E-state index in [2.05, 4.69) is 0 Å². The van der Waals surface area contributed by atoms with E-state index in [4.69, 9.17) is 20.1 Å². The summed E-state index contributed by atoms with van der Waals surface area (Å²) in [6.07, 6.45) is 0. The second-order valence-electron chi connectivity index (χ2n) is 3.36. The van der Waals surface area contributed by atoms with Gasteiger partial charge in [-0.3, -0.25) is 0 Å². The third-order valence-corrected chi connectivity index (χ3v) is 1.83. The summed E-state index contributed by atoms with van der Waals surface area (Å²) < 4.78 is 0. The van der Waals surface area contributed by atoms with Crippen LogP contribution >= 0.6 is 0 Å². The van der Waals surface area contributed by atoms with Crippen LogP contribution in [0.5, 0.6) is 17.2 Å². The number of aryl methyl sites for hydroxylation is 1. The first-order chi connectivity index (χ1) is 8.58. The summed E-state index contributed by atoms with van der Waals surface area (Å²) in [6, 6.07) is 13.0. The molecule has 2 aromatic rings. The number of hydrogen-bond acceptors (Lipinski definition) is 4. The van der Waals surface area contributed by atoms with Gasteiger partial charge in [0.25, 0.3) is 0 Å². The Labute approximate surface area is 106 Å². The maximum Gasteiger partial charge on any atom is 0.119 e. The highest BCUT2D eigenvalue weighted by Gasteiger charge is 1.85. The van der Waals surface area contributed by atoms with Crippen LogP contribution in [0.25, 0.3) is 0 Å². The van der Waals surface area contributed by atoms with E-state index in [9.17, 15) is 0 Å². The number of aromatic hydroxyl groups is 3. The van der Waals surface area contributed by atoms with Gasteiger partial charge >= 0.3 is 0 Å². The Kier molecular flexibility index (Phi) is 7.44. The third kappa shape index (κ3) is 6.90. The van der Waals surface area contributed by atoms with Gasteiger partial charge in [-0.25, -0.2) is 0 Å². The van der Waals surface area contributed by atoms with E-state index in [0.717, 1.165) is 5.56 Å². The molecular weight excluding hydrogens is 232 g/mol. The smallest absolute Gasteiger partial charge is 0.119 e. The zero-order chi connectivity index (χ0) is 14.0. The fourth-order valence-electron chi connectivity index (χ4n) is 1.12. The highest BCUT2D eigenvalue weighted by molar-refractivity contribution is 5.30. The molecule has 0 aromatic heterocycles. The third-order valence-electron chi connectivity index (χ3n) is 1.83. The van der Waals surface area contributed by atoms with Crippen LogP contribution in [0.2, 0.25) is 0 Å². The number of carbonyl (C=O) groups is 1. The van der Waals surface area contributed by atoms with E-state index in [-0.39, 0.29) is 11.5 Å². The highest BCUT2D eigenvalue weighted by Crippen LogP contribution is 2.14. The van der Waals surface area contributed by atoms with Gasteiger partial charge in [-0.05, 0) is 36.8 Å². The van der Waals surface area contributed by atoms with E-state index in [1.807, 2.05) is 25.8 Å². The maximum absolute atomic E-state index is 8.81. The zero-order valence-electron chi connectivity index (χ0n) is 10.1. The van der Waals surface area contributed by atoms with Crippen LogP contribution in [-0.4, -0.2) is 22.1 Å². The van der Waals surface area contributed by atoms with Gasteiger partial charge in [-0.15, -0.1) is 0 Å². The lowest BCUT2D eigenvalue weighted by atomic mass is 10.2. The molecule has 0 spiro atoms. The molecule has 0 heterocycles. The van der Waals surface area contributed by atoms with Crippen molar-refractivity contribution in [2.75, 3.05) is 0 Å². The van der Waals surface area contributed by atoms with Gasteiger partial charge in [0.1, 0.15) is 24.0 Å². The number of rotatable bonds is 0. The van der Waals surface area contributed by atoms with Crippen LogP contribution < -0.4 is 0 Å². The van der Waals surface area contributed by atoms with Gasteiger partial charge in [0, 0.05) is 6.07 Å². The summed E-state index contributed by atoms with van der Waals surface area (Å²) in [6.45, 7) is 3.94. The number of benzene rings is 2. The van der Waals surface area contributed by atoms with Crippen molar-refractivity contribution in [1.82, 2.24) is 0 Å². The van der Waals surface area contributed by atoms with Gasteiger partial charge in [-0.1, -0.05) is 18.2 Å². The van der Waals surface area contributed by atoms with Crippen LogP contribution in [0.1, 0.15) is 5.56 Å². The standard InChI is InChI=1S/C7H8O.C6H6O2.CH2O/c1-6-3-2-4-7(8)5-6;7-5-2-1-3-6(8)4-5;1-2/h2-5,8H,1H3;1-4,7-8H;1H2. The van der Waals surface area contributed by atoms with E-state index < -0.39 is 0 Å². The number of hydrogen-bond donors (Lipinski definition) is 3. The Morgan fingerprint density at radius 1 is 0.778 bits per heavy atom. The molecule has 2 rings (SSSR count). The van der Waals surface area contributed by atoms with E-state index in [1.54, 1.807) is 18.2 Å². The van der Waals surface area contributed by atoms with Gasteiger partial charge < -0.3 is 20.1 Å². The molecule has 96 valence electrons. The first-order valence-electron chi connectivity index (χ1n) is 5.10. The number of carbonyl (C=O) groups excluding carboxylic acids is 1. The fraction of sp³-hybridized carbons (Fsp3) is 0.0714. The molecule has 0 aliphatic carbocycles. The largest absolute Gasteiger partial charge is 0.508 e. The number of phenols is 3. The van der Waals surface area contributed by atoms with Gasteiger partial charge in [0.05, 0.1) is 0 Å². The minimum absolute atomic E-state index is 0.0880. The minimum Gasteiger partial charge on any atom is -0.508 e. The van der Waals surface area contributed by atoms with Crippen LogP contribution in [-0.2, 0) is 4.79 Å². The molecule has 0 unspecified atom stereocenters. The maximum atomic E-state index is 8.81. The minimum atomic E-state index is 0.0880. The lowest BCUT2D eigenvalue weighted by Crippen LogP contribution is -1.66. The predicted molar refractivity (Wildman–Crippen MR) is 69.7 cm³/mol. The molecule has 0 saturated carbocycles. The average Bonchev–Trinajstić information content (AvgIpc) is 2.31. The lowest BCUT2D eigenvalue weighted by Gasteiger charge is -1.89. The van der Waals surface area contributed by atoms with Crippen molar-refractivity contribution in [3.63, 3.8) is 0 Å². The summed E-state index contributed by atoms with van der Waals surface area (Å²) in [5.74, 6) is 0.514. The van der Waals surface area contributed by atoms with Crippen LogP contribution in [0.3, 0.4) is 0 Å². The predicted octanol–water partition coefficient (Wildman–Crippen LogP) is 2.61. The van der Waals surface area contributed by atoms with Crippen LogP contribution in [0.4, 0.5) is 0 Å². The van der Waals surface area contributed by atoms with Crippen molar-refractivity contribution in [2.45, 2.75) is 6.92 Å². The molecule has 18 heavy (non-hydrogen) atoms. The first kappa shape index (κ1) is 15.5. The topological polar surface area (TPSA) is 77.8 Å². The Bertz CT molecular complexity index is 391. The van der Waals surface area contributed by atoms with Crippen molar-refractivity contribution >= 4 is 6.79 Å². The highest BCUT2D eigenvalue weighted by atomic mass is 16.3. The quantitative estimate of drug-likeness (QED) is 0.669. The lowest BCUT2D eigenvalue weighted by molar-refractivity contribution is -0.0979. The molecule has 3 N–H and O–H groups in total. The Morgan fingerprint density at radius 2 is 1.17 bits per heavy atom. The van der Waals surface area contributed by atoms with Crippen molar-refractivity contribution in [2.24, 2.45) is 0 Å². The second kappa shape index (κ2) is 8.64. The second-order valence-corrected chi connectivity index (χ2v) is 3.36. The first-order valence-corrected chi connectivity index (χ1v) is 5.10. The fourth-order valence-corrected chi connectivity index (χ4v) is 1.12. The van der Waals surface area contributed by atoms with E-state index in [0.29, 0.717) is 5.75 Å². The van der Waals surface area contributed by atoms with Gasteiger partial charge in [0.2, 0.25) is 0 Å². The van der Waals surface area contributed by atoms with Gasteiger partial charge in [0.15, 0.2) is 0 Å². The average molecular weight is 248 g/mol. The molecule has 0 fully saturated rings.